The molecule has 0 aliphatic heterocycles. The number of alkyl halides is 2. The van der Waals surface area contributed by atoms with Gasteiger partial charge in [0.1, 0.15) is 11.6 Å². The molecule has 158 valence electrons. The number of carbonyl (C=O) groups is 1. The van der Waals surface area contributed by atoms with Crippen molar-refractivity contribution < 1.29 is 27.1 Å². The van der Waals surface area contributed by atoms with Gasteiger partial charge in [-0.1, -0.05) is 23.9 Å². The van der Waals surface area contributed by atoms with Crippen molar-refractivity contribution in [3.63, 3.8) is 0 Å². The summed E-state index contributed by atoms with van der Waals surface area (Å²) in [6.07, 6.45) is 0. The van der Waals surface area contributed by atoms with Crippen LogP contribution in [0.2, 0.25) is 0 Å². The average molecular weight is 437 g/mol. The molecule has 0 radical (unpaired) electrons. The van der Waals surface area contributed by atoms with E-state index in [1.54, 1.807) is 17.0 Å². The molecule has 0 atom stereocenters. The lowest BCUT2D eigenvalue weighted by Gasteiger charge is -2.20. The molecule has 6 nitrogen and oxygen atoms in total. The van der Waals surface area contributed by atoms with E-state index in [2.05, 4.69) is 14.9 Å². The zero-order valence-corrected chi connectivity index (χ0v) is 16.7. The molecule has 0 spiro atoms. The number of carbonyl (C=O) groups excluding carboxylic acids is 1. The molecule has 1 heterocycles. The van der Waals surface area contributed by atoms with Crippen molar-refractivity contribution >= 4 is 17.7 Å². The van der Waals surface area contributed by atoms with E-state index in [0.29, 0.717) is 24.2 Å². The zero-order chi connectivity index (χ0) is 21.5. The molecular weight excluding hydrogens is 419 g/mol. The molecule has 0 unspecified atom stereocenters. The molecule has 3 aromatic rings. The van der Waals surface area contributed by atoms with Crippen LogP contribution in [0.4, 0.5) is 13.2 Å². The Morgan fingerprint density at radius 2 is 1.97 bits per heavy atom. The molecule has 2 aromatic carbocycles. The quantitative estimate of drug-likeness (QED) is 0.455. The van der Waals surface area contributed by atoms with E-state index in [4.69, 9.17) is 4.42 Å². The second-order valence-corrected chi connectivity index (χ2v) is 7.03. The molecule has 0 bridgehead atoms. The maximum absolute atomic E-state index is 13.3. The minimum absolute atomic E-state index is 0.0198. The van der Waals surface area contributed by atoms with E-state index < -0.39 is 6.61 Å². The maximum atomic E-state index is 13.3. The van der Waals surface area contributed by atoms with Gasteiger partial charge in [0.2, 0.25) is 11.8 Å². The predicted octanol–water partition coefficient (Wildman–Crippen LogP) is 4.62. The summed E-state index contributed by atoms with van der Waals surface area (Å²) in [6, 6.07) is 11.9. The van der Waals surface area contributed by atoms with Crippen molar-refractivity contribution in [1.82, 2.24) is 15.1 Å². The first-order valence-electron chi connectivity index (χ1n) is 8.98. The lowest BCUT2D eigenvalue weighted by molar-refractivity contribution is -0.128. The van der Waals surface area contributed by atoms with Crippen LogP contribution in [0.1, 0.15) is 12.5 Å². The summed E-state index contributed by atoms with van der Waals surface area (Å²) in [5, 5.41) is 8.00. The summed E-state index contributed by atoms with van der Waals surface area (Å²) in [5.74, 6) is -0.212. The number of ether oxygens (including phenoxy) is 1. The Morgan fingerprint density at radius 3 is 2.63 bits per heavy atom. The normalized spacial score (nSPS) is 11.0. The molecule has 0 saturated heterocycles. The number of thioether (sulfide) groups is 1. The largest absolute Gasteiger partial charge is 0.435 e. The maximum Gasteiger partial charge on any atom is 0.387 e. The van der Waals surface area contributed by atoms with Crippen molar-refractivity contribution in [1.29, 1.82) is 0 Å². The standard InChI is InChI=1S/C20H18F3N3O3S/c1-2-26(11-13-4-3-5-15(21)10-13)17(27)12-30-20-25-24-18(29-20)14-6-8-16(9-7-14)28-19(22)23/h3-10,19H,2,11-12H2,1H3. The predicted molar refractivity (Wildman–Crippen MR) is 105 cm³/mol. The van der Waals surface area contributed by atoms with Gasteiger partial charge in [0.15, 0.2) is 0 Å². The van der Waals surface area contributed by atoms with Crippen molar-refractivity contribution in [2.75, 3.05) is 12.3 Å². The SMILES string of the molecule is CCN(Cc1cccc(F)c1)C(=O)CSc1nnc(-c2ccc(OC(F)F)cc2)o1. The topological polar surface area (TPSA) is 68.5 Å². The Balaban J connectivity index is 1.56. The van der Waals surface area contributed by atoms with E-state index in [-0.39, 0.29) is 34.3 Å². The number of hydrogen-bond donors (Lipinski definition) is 0. The minimum Gasteiger partial charge on any atom is -0.435 e. The molecule has 1 amide bonds. The minimum atomic E-state index is -2.90. The molecule has 10 heteroatoms. The van der Waals surface area contributed by atoms with Crippen LogP contribution in [0.25, 0.3) is 11.5 Å². The van der Waals surface area contributed by atoms with Crippen LogP contribution in [0.15, 0.2) is 58.2 Å². The molecule has 30 heavy (non-hydrogen) atoms. The summed E-state index contributed by atoms with van der Waals surface area (Å²) >= 11 is 1.08. The molecule has 0 aliphatic carbocycles. The van der Waals surface area contributed by atoms with Gasteiger partial charge in [-0.2, -0.15) is 8.78 Å². The van der Waals surface area contributed by atoms with Crippen molar-refractivity contribution in [3.8, 4) is 17.2 Å². The molecule has 0 aliphatic rings. The molecule has 0 N–H and O–H groups in total. The monoisotopic (exact) mass is 437 g/mol. The smallest absolute Gasteiger partial charge is 0.387 e. The molecule has 1 aromatic heterocycles. The fourth-order valence-electron chi connectivity index (χ4n) is 2.61. The fourth-order valence-corrected chi connectivity index (χ4v) is 3.28. The zero-order valence-electron chi connectivity index (χ0n) is 15.9. The van der Waals surface area contributed by atoms with Gasteiger partial charge in [0, 0.05) is 18.7 Å². The van der Waals surface area contributed by atoms with Gasteiger partial charge in [-0.25, -0.2) is 4.39 Å². The van der Waals surface area contributed by atoms with Crippen molar-refractivity contribution in [2.24, 2.45) is 0 Å². The van der Waals surface area contributed by atoms with E-state index in [1.165, 1.54) is 36.4 Å². The van der Waals surface area contributed by atoms with Gasteiger partial charge < -0.3 is 14.1 Å². The summed E-state index contributed by atoms with van der Waals surface area (Å²) in [4.78, 5) is 14.1. The Morgan fingerprint density at radius 1 is 1.20 bits per heavy atom. The Kier molecular flexibility index (Phi) is 7.34. The van der Waals surface area contributed by atoms with E-state index >= 15 is 0 Å². The second-order valence-electron chi connectivity index (χ2n) is 6.10. The lowest BCUT2D eigenvalue weighted by Crippen LogP contribution is -2.31. The second kappa shape index (κ2) is 10.1. The Hall–Kier alpha value is -3.01. The number of hydrogen-bond acceptors (Lipinski definition) is 6. The first-order valence-corrected chi connectivity index (χ1v) is 9.97. The lowest BCUT2D eigenvalue weighted by atomic mass is 10.2. The number of rotatable bonds is 9. The third-order valence-electron chi connectivity index (χ3n) is 4.05. The highest BCUT2D eigenvalue weighted by atomic mass is 32.2. The van der Waals surface area contributed by atoms with E-state index in [0.717, 1.165) is 11.8 Å². The Bertz CT molecular complexity index is 983. The molecule has 3 rings (SSSR count). The fraction of sp³-hybridized carbons (Fsp3) is 0.250. The van der Waals surface area contributed by atoms with Gasteiger partial charge >= 0.3 is 6.61 Å². The van der Waals surface area contributed by atoms with Crippen LogP contribution in [0.3, 0.4) is 0 Å². The third kappa shape index (κ3) is 5.99. The number of amides is 1. The molecule has 0 saturated carbocycles. The van der Waals surface area contributed by atoms with Gasteiger partial charge in [0.05, 0.1) is 5.75 Å². The van der Waals surface area contributed by atoms with Crippen LogP contribution in [0.5, 0.6) is 5.75 Å². The van der Waals surface area contributed by atoms with Crippen molar-refractivity contribution in [3.05, 3.63) is 59.9 Å². The van der Waals surface area contributed by atoms with Gasteiger partial charge in [0.25, 0.3) is 5.22 Å². The number of halogens is 3. The third-order valence-corrected chi connectivity index (χ3v) is 4.85. The number of aromatic nitrogens is 2. The summed E-state index contributed by atoms with van der Waals surface area (Å²) < 4.78 is 47.6. The van der Waals surface area contributed by atoms with Crippen molar-refractivity contribution in [2.45, 2.75) is 25.3 Å². The molecule has 0 fully saturated rings. The van der Waals surface area contributed by atoms with Crippen LogP contribution < -0.4 is 4.74 Å². The van der Waals surface area contributed by atoms with Crippen LogP contribution in [-0.2, 0) is 11.3 Å². The summed E-state index contributed by atoms with van der Waals surface area (Å²) in [7, 11) is 0. The Labute approximate surface area is 175 Å². The highest BCUT2D eigenvalue weighted by molar-refractivity contribution is 7.99. The summed E-state index contributed by atoms with van der Waals surface area (Å²) in [5.41, 5.74) is 1.23. The highest BCUT2D eigenvalue weighted by Crippen LogP contribution is 2.25. The number of nitrogens with zero attached hydrogens (tertiary/aromatic N) is 3. The highest BCUT2D eigenvalue weighted by Gasteiger charge is 2.16. The van der Waals surface area contributed by atoms with Gasteiger partial charge in [-0.05, 0) is 48.9 Å². The van der Waals surface area contributed by atoms with Gasteiger partial charge in [-0.3, -0.25) is 4.79 Å². The first kappa shape index (κ1) is 21.7. The van der Waals surface area contributed by atoms with E-state index in [1.807, 2.05) is 6.92 Å². The van der Waals surface area contributed by atoms with Crippen LogP contribution >= 0.6 is 11.8 Å². The van der Waals surface area contributed by atoms with E-state index in [9.17, 15) is 18.0 Å². The average Bonchev–Trinajstić information content (AvgIpc) is 3.19. The summed E-state index contributed by atoms with van der Waals surface area (Å²) in [6.45, 7) is -0.287. The first-order chi connectivity index (χ1) is 14.4. The van der Waals surface area contributed by atoms with Crippen LogP contribution in [-0.4, -0.2) is 39.9 Å². The van der Waals surface area contributed by atoms with Gasteiger partial charge in [-0.15, -0.1) is 10.2 Å². The van der Waals surface area contributed by atoms with Crippen LogP contribution in [0, 0.1) is 5.82 Å². The number of benzene rings is 2. The molecular formula is C20H18F3N3O3S.